The third-order valence-corrected chi connectivity index (χ3v) is 7.90. The first kappa shape index (κ1) is 27.3. The summed E-state index contributed by atoms with van der Waals surface area (Å²) in [5, 5.41) is 3.24. The molecule has 7 nitrogen and oxygen atoms in total. The van der Waals surface area contributed by atoms with E-state index >= 15 is 0 Å². The van der Waals surface area contributed by atoms with Crippen molar-refractivity contribution in [3.05, 3.63) is 53.1 Å². The minimum Gasteiger partial charge on any atom is -0.497 e. The maximum absolute atomic E-state index is 13.4. The number of hydrogen-bond donors (Lipinski definition) is 1. The number of rotatable bonds is 10. The molecule has 4 rings (SSSR count). The molecule has 0 saturated carbocycles. The number of nitrogens with zero attached hydrogens (tertiary/aromatic N) is 2. The molecule has 2 unspecified atom stereocenters. The van der Waals surface area contributed by atoms with Gasteiger partial charge in [-0.1, -0.05) is 43.6 Å². The van der Waals surface area contributed by atoms with E-state index < -0.39 is 5.92 Å². The monoisotopic (exact) mass is 527 g/mol. The van der Waals surface area contributed by atoms with Crippen molar-refractivity contribution in [3.63, 3.8) is 0 Å². The first-order chi connectivity index (χ1) is 17.8. The summed E-state index contributed by atoms with van der Waals surface area (Å²) in [4.78, 5) is 29.9. The average molecular weight is 528 g/mol. The van der Waals surface area contributed by atoms with Crippen LogP contribution in [0, 0.1) is 5.92 Å². The molecule has 0 spiro atoms. The Hall–Kier alpha value is -2.77. The molecule has 0 radical (unpaired) electrons. The van der Waals surface area contributed by atoms with Gasteiger partial charge in [-0.05, 0) is 48.9 Å². The van der Waals surface area contributed by atoms with Gasteiger partial charge in [0.05, 0.1) is 18.1 Å². The number of piperidine rings is 1. The molecular weight excluding hydrogens is 490 g/mol. The summed E-state index contributed by atoms with van der Waals surface area (Å²) >= 11 is 6.38. The van der Waals surface area contributed by atoms with E-state index in [0.29, 0.717) is 16.7 Å². The topological polar surface area (TPSA) is 71.1 Å². The molecule has 37 heavy (non-hydrogen) atoms. The summed E-state index contributed by atoms with van der Waals surface area (Å²) in [5.74, 6) is 1.24. The number of carbonyl (C=O) groups excluding carboxylic acids is 2. The van der Waals surface area contributed by atoms with Gasteiger partial charge in [-0.15, -0.1) is 0 Å². The number of carbonyl (C=O) groups is 2. The average Bonchev–Trinajstić information content (AvgIpc) is 3.18. The molecule has 200 valence electrons. The molecule has 0 aliphatic carbocycles. The molecule has 0 bridgehead atoms. The Morgan fingerprint density at radius 3 is 2.57 bits per heavy atom. The minimum absolute atomic E-state index is 0.0276. The highest BCUT2D eigenvalue weighted by molar-refractivity contribution is 6.32. The van der Waals surface area contributed by atoms with Crippen LogP contribution in [0.15, 0.2) is 42.5 Å². The first-order valence-corrected chi connectivity index (χ1v) is 13.5. The number of halogens is 1. The third-order valence-electron chi connectivity index (χ3n) is 7.59. The summed E-state index contributed by atoms with van der Waals surface area (Å²) in [6.45, 7) is 7.08. The van der Waals surface area contributed by atoms with Crippen LogP contribution in [0.3, 0.4) is 0 Å². The van der Waals surface area contributed by atoms with Gasteiger partial charge < -0.3 is 24.6 Å². The molecule has 2 aliphatic heterocycles. The summed E-state index contributed by atoms with van der Waals surface area (Å²) < 4.78 is 11.6. The number of amides is 2. The van der Waals surface area contributed by atoms with Gasteiger partial charge in [0.25, 0.3) is 0 Å². The van der Waals surface area contributed by atoms with Gasteiger partial charge in [0, 0.05) is 50.9 Å². The Kier molecular flexibility index (Phi) is 8.98. The zero-order valence-corrected chi connectivity index (χ0v) is 23.0. The van der Waals surface area contributed by atoms with Crippen molar-refractivity contribution < 1.29 is 19.1 Å². The minimum atomic E-state index is -0.401. The molecule has 2 heterocycles. The standard InChI is InChI=1S/C29H38ClN3O4/c1-19(2)26(37-27-17-21(36-4)9-10-24(27)30)13-16-32-14-11-20(12-15-32)33-25-8-6-5-7-22(25)23(29(33)35)18-28(34)31-3/h5-10,17,19-20,23,26H,11-16,18H2,1-4H3,(H,31,34). The fourth-order valence-corrected chi connectivity index (χ4v) is 5.55. The number of likely N-dealkylation sites (tertiary alicyclic amines) is 1. The molecule has 2 aromatic carbocycles. The second kappa shape index (κ2) is 12.2. The number of methoxy groups -OCH3 is 1. The molecule has 2 aliphatic rings. The van der Waals surface area contributed by atoms with Crippen LogP contribution in [-0.2, 0) is 9.59 Å². The Balaban J connectivity index is 1.35. The third kappa shape index (κ3) is 6.21. The number of anilines is 1. The maximum atomic E-state index is 13.4. The lowest BCUT2D eigenvalue weighted by molar-refractivity contribution is -0.126. The van der Waals surface area contributed by atoms with Crippen LogP contribution in [0.5, 0.6) is 11.5 Å². The van der Waals surface area contributed by atoms with Crippen molar-refractivity contribution in [1.29, 1.82) is 0 Å². The second-order valence-electron chi connectivity index (χ2n) is 10.3. The predicted molar refractivity (Wildman–Crippen MR) is 147 cm³/mol. The predicted octanol–water partition coefficient (Wildman–Crippen LogP) is 4.87. The van der Waals surface area contributed by atoms with Crippen LogP contribution in [0.25, 0.3) is 0 Å². The molecule has 0 aromatic heterocycles. The van der Waals surface area contributed by atoms with E-state index in [4.69, 9.17) is 21.1 Å². The van der Waals surface area contributed by atoms with Crippen LogP contribution >= 0.6 is 11.6 Å². The zero-order valence-electron chi connectivity index (χ0n) is 22.2. The Morgan fingerprint density at radius 2 is 1.89 bits per heavy atom. The highest BCUT2D eigenvalue weighted by atomic mass is 35.5. The largest absolute Gasteiger partial charge is 0.497 e. The van der Waals surface area contributed by atoms with E-state index in [9.17, 15) is 9.59 Å². The van der Waals surface area contributed by atoms with E-state index in [1.807, 2.05) is 41.3 Å². The first-order valence-electron chi connectivity index (χ1n) is 13.2. The molecule has 1 N–H and O–H groups in total. The van der Waals surface area contributed by atoms with Crippen LogP contribution in [0.2, 0.25) is 5.02 Å². The van der Waals surface area contributed by atoms with Gasteiger partial charge in [0.2, 0.25) is 11.8 Å². The van der Waals surface area contributed by atoms with Gasteiger partial charge in [-0.25, -0.2) is 0 Å². The normalized spacial score (nSPS) is 19.1. The highest BCUT2D eigenvalue weighted by Crippen LogP contribution is 2.41. The van der Waals surface area contributed by atoms with Crippen LogP contribution in [-0.4, -0.2) is 62.7 Å². The smallest absolute Gasteiger partial charge is 0.235 e. The molecule has 1 saturated heterocycles. The van der Waals surface area contributed by atoms with Crippen molar-refractivity contribution in [2.24, 2.45) is 5.92 Å². The summed E-state index contributed by atoms with van der Waals surface area (Å²) in [6.07, 6.45) is 2.91. The van der Waals surface area contributed by atoms with Gasteiger partial charge in [0.15, 0.2) is 0 Å². The number of hydrogen-bond acceptors (Lipinski definition) is 5. The molecule has 2 atom stereocenters. The number of ether oxygens (including phenoxy) is 2. The van der Waals surface area contributed by atoms with E-state index in [1.165, 1.54) is 0 Å². The van der Waals surface area contributed by atoms with Gasteiger partial charge in [-0.2, -0.15) is 0 Å². The SMILES string of the molecule is CNC(=O)CC1C(=O)N(C2CCN(CCC(Oc3cc(OC)ccc3Cl)C(C)C)CC2)c2ccccc21. The fraction of sp³-hybridized carbons (Fsp3) is 0.517. The zero-order chi connectivity index (χ0) is 26.5. The van der Waals surface area contributed by atoms with Crippen molar-refractivity contribution in [3.8, 4) is 11.5 Å². The molecular formula is C29H38ClN3O4. The lowest BCUT2D eigenvalue weighted by Crippen LogP contribution is -2.47. The van der Waals surface area contributed by atoms with E-state index in [2.05, 4.69) is 24.1 Å². The fourth-order valence-electron chi connectivity index (χ4n) is 5.39. The quantitative estimate of drug-likeness (QED) is 0.477. The van der Waals surface area contributed by atoms with Crippen LogP contribution in [0.4, 0.5) is 5.69 Å². The molecule has 2 amide bonds. The van der Waals surface area contributed by atoms with Crippen molar-refractivity contribution >= 4 is 29.1 Å². The van der Waals surface area contributed by atoms with E-state index in [0.717, 1.165) is 55.9 Å². The van der Waals surface area contributed by atoms with Crippen LogP contribution in [0.1, 0.15) is 51.0 Å². The Labute approximate surface area is 225 Å². The molecule has 8 heteroatoms. The van der Waals surface area contributed by atoms with E-state index in [-0.39, 0.29) is 30.4 Å². The Bertz CT molecular complexity index is 1100. The van der Waals surface area contributed by atoms with Crippen molar-refractivity contribution in [2.75, 3.05) is 38.7 Å². The van der Waals surface area contributed by atoms with Gasteiger partial charge in [0.1, 0.15) is 17.6 Å². The highest BCUT2D eigenvalue weighted by Gasteiger charge is 2.42. The van der Waals surface area contributed by atoms with Crippen LogP contribution < -0.4 is 19.7 Å². The summed E-state index contributed by atoms with van der Waals surface area (Å²) in [6, 6.07) is 13.5. The van der Waals surface area contributed by atoms with Gasteiger partial charge >= 0.3 is 0 Å². The van der Waals surface area contributed by atoms with Crippen molar-refractivity contribution in [1.82, 2.24) is 10.2 Å². The lowest BCUT2D eigenvalue weighted by atomic mass is 9.97. The summed E-state index contributed by atoms with van der Waals surface area (Å²) in [7, 11) is 3.24. The number of nitrogens with one attached hydrogen (secondary N) is 1. The van der Waals surface area contributed by atoms with E-state index in [1.54, 1.807) is 20.2 Å². The lowest BCUT2D eigenvalue weighted by Gasteiger charge is -2.38. The molecule has 2 aromatic rings. The number of benzene rings is 2. The Morgan fingerprint density at radius 1 is 1.16 bits per heavy atom. The van der Waals surface area contributed by atoms with Gasteiger partial charge in [-0.3, -0.25) is 9.59 Å². The number of fused-ring (bicyclic) bond motifs is 1. The molecule has 1 fully saturated rings. The second-order valence-corrected chi connectivity index (χ2v) is 10.7. The maximum Gasteiger partial charge on any atom is 0.235 e. The summed E-state index contributed by atoms with van der Waals surface area (Å²) in [5.41, 5.74) is 1.93. The van der Waals surface area contributed by atoms with Crippen molar-refractivity contribution in [2.45, 2.75) is 57.6 Å². The number of para-hydroxylation sites is 1.